The van der Waals surface area contributed by atoms with Crippen LogP contribution in [-0.2, 0) is 17.6 Å². The van der Waals surface area contributed by atoms with Crippen LogP contribution in [-0.4, -0.2) is 25.0 Å². The molecule has 0 fully saturated rings. The van der Waals surface area contributed by atoms with Gasteiger partial charge in [-0.3, -0.25) is 9.59 Å². The van der Waals surface area contributed by atoms with E-state index >= 15 is 0 Å². The molecule has 2 amide bonds. The molecule has 2 aromatic carbocycles. The van der Waals surface area contributed by atoms with E-state index in [-0.39, 0.29) is 24.4 Å². The number of benzene rings is 2. The Bertz CT molecular complexity index is 1110. The van der Waals surface area contributed by atoms with E-state index in [1.54, 1.807) is 0 Å². The van der Waals surface area contributed by atoms with Crippen molar-refractivity contribution in [2.45, 2.75) is 39.2 Å². The number of hydrogen-bond donors (Lipinski definition) is 3. The van der Waals surface area contributed by atoms with Gasteiger partial charge in [-0.05, 0) is 68.5 Å². The van der Waals surface area contributed by atoms with Crippen molar-refractivity contribution in [1.82, 2.24) is 5.32 Å². The molecule has 0 bridgehead atoms. The highest BCUT2D eigenvalue weighted by atomic mass is 32.1. The quantitative estimate of drug-likeness (QED) is 0.409. The van der Waals surface area contributed by atoms with Crippen LogP contribution in [0.1, 0.15) is 52.7 Å². The molecular weight excluding hydrogens is 434 g/mol. The molecule has 0 radical (unpaired) electrons. The van der Waals surface area contributed by atoms with Gasteiger partial charge in [0.15, 0.2) is 0 Å². The van der Waals surface area contributed by atoms with Gasteiger partial charge in [-0.2, -0.15) is 0 Å². The van der Waals surface area contributed by atoms with E-state index in [0.29, 0.717) is 22.9 Å². The lowest BCUT2D eigenvalue weighted by Crippen LogP contribution is -2.30. The first-order valence-corrected chi connectivity index (χ1v) is 12.1. The first-order valence-electron chi connectivity index (χ1n) is 11.3. The second kappa shape index (κ2) is 10.6. The predicted molar refractivity (Wildman–Crippen MR) is 133 cm³/mol. The molecule has 0 aliphatic heterocycles. The minimum absolute atomic E-state index is 0.0488. The molecule has 0 unspecified atom stereocenters. The third-order valence-electron chi connectivity index (χ3n) is 5.69. The van der Waals surface area contributed by atoms with Crippen molar-refractivity contribution in [3.05, 3.63) is 76.2 Å². The molecule has 4 rings (SSSR count). The highest BCUT2D eigenvalue weighted by Crippen LogP contribution is 2.39. The number of carbonyl (C=O) groups excluding carboxylic acids is 2. The first kappa shape index (κ1) is 23.0. The van der Waals surface area contributed by atoms with Crippen LogP contribution in [0.3, 0.4) is 0 Å². The number of carbonyl (C=O) groups is 2. The monoisotopic (exact) mass is 463 g/mol. The summed E-state index contributed by atoms with van der Waals surface area (Å²) < 4.78 is 5.46. The van der Waals surface area contributed by atoms with Crippen molar-refractivity contribution in [2.24, 2.45) is 0 Å². The normalized spacial score (nSPS) is 13.3. The number of aryl methyl sites for hydroxylation is 1. The predicted octanol–water partition coefficient (Wildman–Crippen LogP) is 5.18. The lowest BCUT2D eigenvalue weighted by molar-refractivity contribution is -0.115. The Labute approximate surface area is 198 Å². The van der Waals surface area contributed by atoms with Gasteiger partial charge in [-0.25, -0.2) is 0 Å². The van der Waals surface area contributed by atoms with Crippen molar-refractivity contribution in [3.8, 4) is 5.75 Å². The van der Waals surface area contributed by atoms with Crippen molar-refractivity contribution in [2.75, 3.05) is 23.8 Å². The molecule has 33 heavy (non-hydrogen) atoms. The van der Waals surface area contributed by atoms with Gasteiger partial charge in [-0.15, -0.1) is 11.3 Å². The fraction of sp³-hybridized carbons (Fsp3) is 0.308. The van der Waals surface area contributed by atoms with Crippen LogP contribution in [0.4, 0.5) is 10.7 Å². The number of thiophene rings is 1. The summed E-state index contributed by atoms with van der Waals surface area (Å²) in [6, 6.07) is 17.4. The van der Waals surface area contributed by atoms with Crippen LogP contribution in [0.5, 0.6) is 5.75 Å². The van der Waals surface area contributed by atoms with Crippen LogP contribution in [0.15, 0.2) is 54.6 Å². The molecule has 1 aliphatic rings. The number of rotatable bonds is 9. The average molecular weight is 464 g/mol. The molecular formula is C26H29N3O3S. The Kier molecular flexibility index (Phi) is 7.42. The number of amides is 2. The molecule has 0 saturated heterocycles. The number of anilines is 2. The molecule has 0 saturated carbocycles. The van der Waals surface area contributed by atoms with E-state index in [9.17, 15) is 9.59 Å². The van der Waals surface area contributed by atoms with Crippen LogP contribution >= 0.6 is 11.3 Å². The Hall–Kier alpha value is -3.16. The van der Waals surface area contributed by atoms with Gasteiger partial charge in [-0.1, -0.05) is 30.3 Å². The number of fused-ring (bicyclic) bond motifs is 1. The Morgan fingerprint density at radius 2 is 1.79 bits per heavy atom. The third kappa shape index (κ3) is 5.61. The molecule has 7 heteroatoms. The molecule has 1 atom stereocenters. The van der Waals surface area contributed by atoms with Gasteiger partial charge in [0.1, 0.15) is 10.8 Å². The summed E-state index contributed by atoms with van der Waals surface area (Å²) in [4.78, 5) is 27.1. The van der Waals surface area contributed by atoms with Crippen LogP contribution in [0.25, 0.3) is 0 Å². The zero-order valence-electron chi connectivity index (χ0n) is 18.9. The molecule has 1 aliphatic carbocycles. The third-order valence-corrected chi connectivity index (χ3v) is 6.90. The summed E-state index contributed by atoms with van der Waals surface area (Å²) in [5, 5.41) is 9.83. The van der Waals surface area contributed by atoms with Crippen molar-refractivity contribution in [3.63, 3.8) is 0 Å². The summed E-state index contributed by atoms with van der Waals surface area (Å²) in [7, 11) is 0. The molecule has 1 heterocycles. The summed E-state index contributed by atoms with van der Waals surface area (Å²) >= 11 is 1.51. The average Bonchev–Trinajstić information content (AvgIpc) is 3.40. The fourth-order valence-electron chi connectivity index (χ4n) is 4.00. The number of hydrogen-bond acceptors (Lipinski definition) is 5. The summed E-state index contributed by atoms with van der Waals surface area (Å²) in [5.41, 5.74) is 3.46. The smallest absolute Gasteiger partial charge is 0.258 e. The molecule has 1 aromatic heterocycles. The maximum Gasteiger partial charge on any atom is 0.258 e. The molecule has 3 aromatic rings. The van der Waals surface area contributed by atoms with E-state index < -0.39 is 0 Å². The van der Waals surface area contributed by atoms with E-state index in [1.165, 1.54) is 16.2 Å². The Morgan fingerprint density at radius 3 is 2.52 bits per heavy atom. The number of nitrogens with one attached hydrogen (secondary N) is 3. The van der Waals surface area contributed by atoms with Gasteiger partial charge in [0.25, 0.3) is 5.91 Å². The molecule has 0 spiro atoms. The van der Waals surface area contributed by atoms with Crippen LogP contribution < -0.4 is 20.7 Å². The van der Waals surface area contributed by atoms with Crippen molar-refractivity contribution in [1.29, 1.82) is 0 Å². The van der Waals surface area contributed by atoms with Gasteiger partial charge in [0.2, 0.25) is 5.91 Å². The van der Waals surface area contributed by atoms with E-state index in [4.69, 9.17) is 4.74 Å². The number of ether oxygens (including phenoxy) is 1. The van der Waals surface area contributed by atoms with Crippen LogP contribution in [0.2, 0.25) is 0 Å². The Morgan fingerprint density at radius 1 is 1.03 bits per heavy atom. The standard InChI is InChI=1S/C26H29N3O3S/c1-3-32-20-14-12-19(13-15-20)28-25(31)24-21-10-7-11-22(21)33-26(24)29-23(30)16-27-17(2)18-8-5-4-6-9-18/h4-6,8-9,12-15,17,27H,3,7,10-11,16H2,1-2H3,(H,28,31)(H,29,30)/t17-/m0/s1. The lowest BCUT2D eigenvalue weighted by atomic mass is 10.1. The zero-order valence-corrected chi connectivity index (χ0v) is 19.8. The lowest BCUT2D eigenvalue weighted by Gasteiger charge is -2.14. The highest BCUT2D eigenvalue weighted by Gasteiger charge is 2.27. The van der Waals surface area contributed by atoms with Gasteiger partial charge < -0.3 is 20.7 Å². The van der Waals surface area contributed by atoms with E-state index in [2.05, 4.69) is 16.0 Å². The second-order valence-corrected chi connectivity index (χ2v) is 9.14. The molecule has 3 N–H and O–H groups in total. The summed E-state index contributed by atoms with van der Waals surface area (Å²) in [6.07, 6.45) is 2.84. The minimum atomic E-state index is -0.195. The maximum atomic E-state index is 13.2. The van der Waals surface area contributed by atoms with Gasteiger partial charge in [0.05, 0.1) is 18.7 Å². The van der Waals surface area contributed by atoms with Crippen molar-refractivity contribution >= 4 is 33.8 Å². The van der Waals surface area contributed by atoms with Crippen molar-refractivity contribution < 1.29 is 14.3 Å². The van der Waals surface area contributed by atoms with Gasteiger partial charge >= 0.3 is 0 Å². The van der Waals surface area contributed by atoms with E-state index in [0.717, 1.165) is 36.1 Å². The molecule has 6 nitrogen and oxygen atoms in total. The highest BCUT2D eigenvalue weighted by molar-refractivity contribution is 7.17. The maximum absolute atomic E-state index is 13.2. The Balaban J connectivity index is 1.43. The largest absolute Gasteiger partial charge is 0.494 e. The van der Waals surface area contributed by atoms with Crippen LogP contribution in [0, 0.1) is 0 Å². The topological polar surface area (TPSA) is 79.5 Å². The molecule has 172 valence electrons. The summed E-state index contributed by atoms with van der Waals surface area (Å²) in [6.45, 7) is 4.71. The van der Waals surface area contributed by atoms with E-state index in [1.807, 2.05) is 68.4 Å². The fourth-order valence-corrected chi connectivity index (χ4v) is 5.31. The first-order chi connectivity index (χ1) is 16.0. The summed E-state index contributed by atoms with van der Waals surface area (Å²) in [5.74, 6) is 0.407. The SMILES string of the molecule is CCOc1ccc(NC(=O)c2c(NC(=O)CN[C@@H](C)c3ccccc3)sc3c2CCC3)cc1. The minimum Gasteiger partial charge on any atom is -0.494 e. The zero-order chi connectivity index (χ0) is 23.2. The second-order valence-electron chi connectivity index (χ2n) is 8.03. The van der Waals surface area contributed by atoms with Gasteiger partial charge in [0, 0.05) is 16.6 Å².